The van der Waals surface area contributed by atoms with E-state index >= 15 is 0 Å². The van der Waals surface area contributed by atoms with Crippen LogP contribution in [0.15, 0.2) is 18.2 Å². The lowest BCUT2D eigenvalue weighted by atomic mass is 9.77. The minimum atomic E-state index is -0.222. The van der Waals surface area contributed by atoms with Crippen LogP contribution in [-0.4, -0.2) is 23.3 Å². The number of carbonyl (C=O) groups is 1. The zero-order valence-corrected chi connectivity index (χ0v) is 13.3. The first-order chi connectivity index (χ1) is 8.59. The number of hydrogen-bond acceptors (Lipinski definition) is 2. The molecule has 1 aliphatic rings. The molecule has 0 aliphatic carbocycles. The van der Waals surface area contributed by atoms with E-state index in [0.29, 0.717) is 5.02 Å². The van der Waals surface area contributed by atoms with Gasteiger partial charge in [0, 0.05) is 27.0 Å². The van der Waals surface area contributed by atoms with Gasteiger partial charge in [0.2, 0.25) is 0 Å². The van der Waals surface area contributed by atoms with Gasteiger partial charge in [0.15, 0.2) is 5.78 Å². The number of carbonyl (C=O) groups excluding carboxylic acids is 1. The number of halogens is 2. The standard InChI is InChI=1S/C14H17ClINO/c1-10-2-3-11(8-12(10)15)13(18)14(4-6-16)5-7-17-9-14/h2-3,8,17H,4-7,9H2,1H3. The Kier molecular flexibility index (Phi) is 4.67. The zero-order chi connectivity index (χ0) is 13.2. The number of alkyl halides is 1. The molecule has 1 aromatic rings. The van der Waals surface area contributed by atoms with Crippen molar-refractivity contribution in [3.8, 4) is 0 Å². The molecule has 1 unspecified atom stereocenters. The maximum Gasteiger partial charge on any atom is 0.170 e. The fourth-order valence-electron chi connectivity index (χ4n) is 2.49. The largest absolute Gasteiger partial charge is 0.316 e. The molecule has 4 heteroatoms. The summed E-state index contributed by atoms with van der Waals surface area (Å²) in [4.78, 5) is 12.7. The van der Waals surface area contributed by atoms with E-state index < -0.39 is 0 Å². The first-order valence-electron chi connectivity index (χ1n) is 6.17. The van der Waals surface area contributed by atoms with Gasteiger partial charge in [-0.15, -0.1) is 0 Å². The molecule has 2 rings (SSSR count). The van der Waals surface area contributed by atoms with Crippen molar-refractivity contribution in [3.05, 3.63) is 34.3 Å². The van der Waals surface area contributed by atoms with Crippen molar-refractivity contribution in [2.75, 3.05) is 17.5 Å². The number of nitrogens with one attached hydrogen (secondary N) is 1. The Labute approximate surface area is 127 Å². The van der Waals surface area contributed by atoms with Gasteiger partial charge >= 0.3 is 0 Å². The fraction of sp³-hybridized carbons (Fsp3) is 0.500. The normalized spacial score (nSPS) is 23.3. The van der Waals surface area contributed by atoms with Crippen LogP contribution in [0.1, 0.15) is 28.8 Å². The average Bonchev–Trinajstić information content (AvgIpc) is 2.82. The SMILES string of the molecule is Cc1ccc(C(=O)C2(CCI)CCNC2)cc1Cl. The van der Waals surface area contributed by atoms with Gasteiger partial charge in [-0.05, 0) is 37.9 Å². The summed E-state index contributed by atoms with van der Waals surface area (Å²) in [7, 11) is 0. The first kappa shape index (κ1) is 14.3. The summed E-state index contributed by atoms with van der Waals surface area (Å²) in [6, 6.07) is 5.64. The fourth-order valence-corrected chi connectivity index (χ4v) is 3.70. The quantitative estimate of drug-likeness (QED) is 0.493. The van der Waals surface area contributed by atoms with Gasteiger partial charge in [0.1, 0.15) is 0 Å². The van der Waals surface area contributed by atoms with Crippen molar-refractivity contribution in [1.29, 1.82) is 0 Å². The van der Waals surface area contributed by atoms with Crippen molar-refractivity contribution in [1.82, 2.24) is 5.32 Å². The molecule has 0 aromatic heterocycles. The second-order valence-electron chi connectivity index (χ2n) is 4.94. The summed E-state index contributed by atoms with van der Waals surface area (Å²) < 4.78 is 1.00. The van der Waals surface area contributed by atoms with Crippen molar-refractivity contribution in [2.24, 2.45) is 5.41 Å². The lowest BCUT2D eigenvalue weighted by Crippen LogP contribution is -2.34. The molecular weight excluding hydrogens is 361 g/mol. The van der Waals surface area contributed by atoms with E-state index in [0.717, 1.165) is 41.5 Å². The number of ketones is 1. The molecule has 1 N–H and O–H groups in total. The van der Waals surface area contributed by atoms with E-state index in [1.807, 2.05) is 25.1 Å². The summed E-state index contributed by atoms with van der Waals surface area (Å²) in [6.07, 6.45) is 1.87. The second-order valence-corrected chi connectivity index (χ2v) is 6.43. The number of rotatable bonds is 4. The molecule has 0 bridgehead atoms. The van der Waals surface area contributed by atoms with Gasteiger partial charge in [-0.1, -0.05) is 46.3 Å². The summed E-state index contributed by atoms with van der Waals surface area (Å²) in [6.45, 7) is 3.68. The molecule has 0 amide bonds. The summed E-state index contributed by atoms with van der Waals surface area (Å²) in [5, 5.41) is 3.99. The van der Waals surface area contributed by atoms with Crippen LogP contribution in [0.2, 0.25) is 5.02 Å². The van der Waals surface area contributed by atoms with Crippen LogP contribution in [0.5, 0.6) is 0 Å². The van der Waals surface area contributed by atoms with Crippen molar-refractivity contribution in [3.63, 3.8) is 0 Å². The molecule has 2 nitrogen and oxygen atoms in total. The smallest absolute Gasteiger partial charge is 0.170 e. The zero-order valence-electron chi connectivity index (χ0n) is 10.4. The number of Topliss-reactive ketones (excluding diaryl/α,β-unsaturated/α-hetero) is 1. The number of benzene rings is 1. The third-order valence-corrected chi connectivity index (χ3v) is 4.68. The third kappa shape index (κ3) is 2.73. The highest BCUT2D eigenvalue weighted by Crippen LogP contribution is 2.35. The van der Waals surface area contributed by atoms with E-state index in [9.17, 15) is 4.79 Å². The summed E-state index contributed by atoms with van der Waals surface area (Å²) in [5.74, 6) is 0.242. The van der Waals surface area contributed by atoms with Crippen molar-refractivity contribution in [2.45, 2.75) is 19.8 Å². The highest BCUT2D eigenvalue weighted by molar-refractivity contribution is 14.1. The predicted molar refractivity (Wildman–Crippen MR) is 83.9 cm³/mol. The van der Waals surface area contributed by atoms with E-state index in [1.165, 1.54) is 0 Å². The number of aryl methyl sites for hydroxylation is 1. The Bertz CT molecular complexity index is 455. The second kappa shape index (κ2) is 5.88. The Hall–Kier alpha value is -0.130. The highest BCUT2D eigenvalue weighted by atomic mass is 127. The van der Waals surface area contributed by atoms with Crippen molar-refractivity contribution >= 4 is 40.0 Å². The lowest BCUT2D eigenvalue weighted by Gasteiger charge is -2.26. The van der Waals surface area contributed by atoms with E-state index in [4.69, 9.17) is 11.6 Å². The molecule has 18 heavy (non-hydrogen) atoms. The molecule has 1 aromatic carbocycles. The van der Waals surface area contributed by atoms with Crippen LogP contribution in [0.4, 0.5) is 0 Å². The third-order valence-electron chi connectivity index (χ3n) is 3.73. The van der Waals surface area contributed by atoms with Crippen LogP contribution in [0.3, 0.4) is 0 Å². The molecule has 0 saturated carbocycles. The van der Waals surface area contributed by atoms with Gasteiger partial charge in [-0.2, -0.15) is 0 Å². The van der Waals surface area contributed by atoms with Crippen LogP contribution in [0.25, 0.3) is 0 Å². The van der Waals surface area contributed by atoms with E-state index in [-0.39, 0.29) is 11.2 Å². The first-order valence-corrected chi connectivity index (χ1v) is 8.07. The van der Waals surface area contributed by atoms with E-state index in [2.05, 4.69) is 27.9 Å². The molecule has 1 saturated heterocycles. The molecule has 1 aliphatic heterocycles. The number of hydrogen-bond donors (Lipinski definition) is 1. The Morgan fingerprint density at radius 2 is 2.33 bits per heavy atom. The van der Waals surface area contributed by atoms with Crippen LogP contribution in [-0.2, 0) is 0 Å². The van der Waals surface area contributed by atoms with Gasteiger partial charge < -0.3 is 5.32 Å². The molecule has 1 fully saturated rings. The van der Waals surface area contributed by atoms with Crippen LogP contribution >= 0.6 is 34.2 Å². The minimum absolute atomic E-state index is 0.222. The predicted octanol–water partition coefficient (Wildman–Crippen LogP) is 3.64. The minimum Gasteiger partial charge on any atom is -0.316 e. The molecule has 1 heterocycles. The van der Waals surface area contributed by atoms with Crippen LogP contribution in [0, 0.1) is 12.3 Å². The van der Waals surface area contributed by atoms with Crippen molar-refractivity contribution < 1.29 is 4.79 Å². The topological polar surface area (TPSA) is 29.1 Å². The van der Waals surface area contributed by atoms with Gasteiger partial charge in [0.25, 0.3) is 0 Å². The van der Waals surface area contributed by atoms with Crippen LogP contribution < -0.4 is 5.32 Å². The Morgan fingerprint density at radius 3 is 2.89 bits per heavy atom. The summed E-state index contributed by atoms with van der Waals surface area (Å²) >= 11 is 8.46. The maximum atomic E-state index is 12.7. The van der Waals surface area contributed by atoms with E-state index in [1.54, 1.807) is 0 Å². The maximum absolute atomic E-state index is 12.7. The molecule has 0 spiro atoms. The van der Waals surface area contributed by atoms with Gasteiger partial charge in [0.05, 0.1) is 0 Å². The molecular formula is C14H17ClINO. The van der Waals surface area contributed by atoms with Gasteiger partial charge in [-0.25, -0.2) is 0 Å². The molecule has 98 valence electrons. The highest BCUT2D eigenvalue weighted by Gasteiger charge is 2.40. The summed E-state index contributed by atoms with van der Waals surface area (Å²) in [5.41, 5.74) is 1.54. The average molecular weight is 378 g/mol. The molecule has 1 atom stereocenters. The molecule has 0 radical (unpaired) electrons. The van der Waals surface area contributed by atoms with Gasteiger partial charge in [-0.3, -0.25) is 4.79 Å². The Balaban J connectivity index is 2.30. The lowest BCUT2D eigenvalue weighted by molar-refractivity contribution is 0.0813. The Morgan fingerprint density at radius 1 is 1.56 bits per heavy atom. The monoisotopic (exact) mass is 377 g/mol.